The van der Waals surface area contributed by atoms with Crippen LogP contribution in [0.15, 0.2) is 42.5 Å². The molecule has 0 spiro atoms. The van der Waals surface area contributed by atoms with Crippen LogP contribution in [0.2, 0.25) is 0 Å². The van der Waals surface area contributed by atoms with Gasteiger partial charge in [-0.2, -0.15) is 0 Å². The summed E-state index contributed by atoms with van der Waals surface area (Å²) in [5.74, 6) is 0.166. The van der Waals surface area contributed by atoms with Gasteiger partial charge >= 0.3 is 0 Å². The molecule has 3 rings (SSSR count). The van der Waals surface area contributed by atoms with Gasteiger partial charge in [0.15, 0.2) is 0 Å². The molecule has 0 bridgehead atoms. The Morgan fingerprint density at radius 2 is 1.66 bits per heavy atom. The molecule has 47 heavy (non-hydrogen) atoms. The second-order valence-corrected chi connectivity index (χ2v) is 13.7. The van der Waals surface area contributed by atoms with Gasteiger partial charge in [0.1, 0.15) is 36.8 Å². The lowest BCUT2D eigenvalue weighted by molar-refractivity contribution is -0.147. The topological polar surface area (TPSA) is 117 Å². The van der Waals surface area contributed by atoms with Gasteiger partial charge in [0.25, 0.3) is 5.91 Å². The largest absolute Gasteiger partial charge is 0.491 e. The first-order valence-electron chi connectivity index (χ1n) is 16.8. The molecule has 258 valence electrons. The summed E-state index contributed by atoms with van der Waals surface area (Å²) in [5.41, 5.74) is 2.38. The number of fused-ring (bicyclic) bond motifs is 1. The average Bonchev–Trinajstić information content (AvgIpc) is 3.02. The number of rotatable bonds is 10. The van der Waals surface area contributed by atoms with E-state index in [9.17, 15) is 19.2 Å². The van der Waals surface area contributed by atoms with Crippen molar-refractivity contribution in [3.63, 3.8) is 0 Å². The molecule has 2 aromatic rings. The third-order valence-electron chi connectivity index (χ3n) is 8.58. The normalized spacial score (nSPS) is 19.7. The second kappa shape index (κ2) is 17.2. The van der Waals surface area contributed by atoms with E-state index in [0.29, 0.717) is 24.5 Å². The van der Waals surface area contributed by atoms with Gasteiger partial charge in [-0.15, -0.1) is 0 Å². The first-order valence-corrected chi connectivity index (χ1v) is 16.8. The van der Waals surface area contributed by atoms with Crippen LogP contribution in [0, 0.1) is 18.8 Å². The van der Waals surface area contributed by atoms with Gasteiger partial charge in [-0.1, -0.05) is 65.8 Å². The van der Waals surface area contributed by atoms with Crippen LogP contribution in [0.5, 0.6) is 11.5 Å². The van der Waals surface area contributed by atoms with Crippen molar-refractivity contribution in [1.82, 2.24) is 20.4 Å². The highest BCUT2D eigenvalue weighted by molar-refractivity contribution is 6.01. The maximum Gasteiger partial charge on any atom is 0.255 e. The van der Waals surface area contributed by atoms with Crippen molar-refractivity contribution in [2.45, 2.75) is 91.8 Å². The molecule has 0 aromatic heterocycles. The minimum Gasteiger partial charge on any atom is -0.491 e. The fourth-order valence-corrected chi connectivity index (χ4v) is 5.66. The molecule has 1 aliphatic rings. The van der Waals surface area contributed by atoms with Crippen molar-refractivity contribution >= 4 is 23.6 Å². The molecule has 10 nitrogen and oxygen atoms in total. The summed E-state index contributed by atoms with van der Waals surface area (Å²) in [6.07, 6.45) is 0.799. The molecule has 0 radical (unpaired) electrons. The maximum absolute atomic E-state index is 14.0. The van der Waals surface area contributed by atoms with E-state index in [1.54, 1.807) is 43.3 Å². The number of amides is 4. The van der Waals surface area contributed by atoms with Gasteiger partial charge < -0.3 is 29.9 Å². The predicted molar refractivity (Wildman–Crippen MR) is 184 cm³/mol. The Kier molecular flexibility index (Phi) is 13.7. The van der Waals surface area contributed by atoms with Gasteiger partial charge in [0, 0.05) is 14.1 Å². The van der Waals surface area contributed by atoms with Crippen molar-refractivity contribution in [3.8, 4) is 11.5 Å². The number of nitrogens with one attached hydrogen (secondary N) is 2. The lowest BCUT2D eigenvalue weighted by Crippen LogP contribution is -2.55. The number of benzene rings is 2. The van der Waals surface area contributed by atoms with Crippen LogP contribution in [0.4, 0.5) is 0 Å². The first-order chi connectivity index (χ1) is 22.2. The summed E-state index contributed by atoms with van der Waals surface area (Å²) in [7, 11) is 3.34. The second-order valence-electron chi connectivity index (χ2n) is 13.7. The zero-order valence-electron chi connectivity index (χ0n) is 29.6. The van der Waals surface area contributed by atoms with Gasteiger partial charge in [-0.3, -0.25) is 19.2 Å². The van der Waals surface area contributed by atoms with Crippen molar-refractivity contribution in [2.75, 3.05) is 33.9 Å². The van der Waals surface area contributed by atoms with E-state index in [-0.39, 0.29) is 55.5 Å². The highest BCUT2D eigenvalue weighted by Crippen LogP contribution is 2.25. The predicted octanol–water partition coefficient (Wildman–Crippen LogP) is 4.94. The van der Waals surface area contributed by atoms with Crippen LogP contribution < -0.4 is 20.1 Å². The Morgan fingerprint density at radius 1 is 0.979 bits per heavy atom. The van der Waals surface area contributed by atoms with Crippen molar-refractivity contribution in [1.29, 1.82) is 0 Å². The van der Waals surface area contributed by atoms with Crippen molar-refractivity contribution in [2.24, 2.45) is 11.8 Å². The number of ether oxygens (including phenoxy) is 2. The molecular weight excluding hydrogens is 596 g/mol. The van der Waals surface area contributed by atoms with Gasteiger partial charge in [-0.05, 0) is 66.8 Å². The molecule has 2 N–H and O–H groups in total. The minimum atomic E-state index is -1.19. The fourth-order valence-electron chi connectivity index (χ4n) is 5.66. The number of hydrogen-bond acceptors (Lipinski definition) is 6. The first kappa shape index (κ1) is 37.4. The molecule has 1 heterocycles. The molecule has 0 saturated carbocycles. The molecular formula is C37H54N4O6. The summed E-state index contributed by atoms with van der Waals surface area (Å²) in [6.45, 7) is 14.9. The molecule has 1 aliphatic heterocycles. The minimum absolute atomic E-state index is 0.127. The highest BCUT2D eigenvalue weighted by atomic mass is 16.5. The summed E-state index contributed by atoms with van der Waals surface area (Å²) in [5, 5.41) is 5.59. The van der Waals surface area contributed by atoms with Crippen LogP contribution in [-0.2, 0) is 14.4 Å². The lowest BCUT2D eigenvalue weighted by atomic mass is 9.98. The SMILES string of the molecule is Cc1ccc(C(C)C)cc1OCCNC(=O)[C@@H]1CC(=O)N(C)[C@@H](CC(C)C)C(=O)N(C)[C@H](CC(C)C)COc2ccccc2C(=O)N1. The van der Waals surface area contributed by atoms with Crippen LogP contribution in [0.3, 0.4) is 0 Å². The number of para-hydroxylation sites is 1. The summed E-state index contributed by atoms with van der Waals surface area (Å²) >= 11 is 0. The van der Waals surface area contributed by atoms with E-state index in [4.69, 9.17) is 9.47 Å². The van der Waals surface area contributed by atoms with Gasteiger partial charge in [-0.25, -0.2) is 0 Å². The zero-order valence-corrected chi connectivity index (χ0v) is 29.6. The quantitative estimate of drug-likeness (QED) is 0.352. The van der Waals surface area contributed by atoms with E-state index in [1.165, 1.54) is 4.90 Å². The number of aryl methyl sites for hydroxylation is 1. The number of nitrogens with zero attached hydrogens (tertiary/aromatic N) is 2. The summed E-state index contributed by atoms with van der Waals surface area (Å²) in [6, 6.07) is 10.7. The maximum atomic E-state index is 14.0. The Labute approximate surface area is 280 Å². The zero-order chi connectivity index (χ0) is 34.8. The average molecular weight is 651 g/mol. The molecule has 0 saturated heterocycles. The standard InChI is InChI=1S/C37H54N4O6/c1-23(2)18-28-22-47-32-13-11-10-12-29(32)35(43)39-30(21-34(42)41(9)31(19-24(3)4)37(45)40(28)8)36(44)38-16-17-46-33-20-27(25(5)6)15-14-26(33)7/h10-15,20,23-25,28,30-31H,16-19,21-22H2,1-9H3,(H,38,44)(H,39,43)/t28-,30+,31+/m1/s1. The number of carbonyl (C=O) groups is 4. The number of hydrogen-bond donors (Lipinski definition) is 2. The Balaban J connectivity index is 1.88. The third-order valence-corrected chi connectivity index (χ3v) is 8.58. The van der Waals surface area contributed by atoms with E-state index in [0.717, 1.165) is 16.9 Å². The summed E-state index contributed by atoms with van der Waals surface area (Å²) in [4.78, 5) is 58.0. The van der Waals surface area contributed by atoms with Crippen LogP contribution in [-0.4, -0.2) is 85.4 Å². The lowest BCUT2D eigenvalue weighted by Gasteiger charge is -2.37. The molecule has 0 unspecified atom stereocenters. The van der Waals surface area contributed by atoms with Crippen LogP contribution >= 0.6 is 0 Å². The number of likely N-dealkylation sites (N-methyl/N-ethyl adjacent to an activating group) is 2. The molecule has 4 amide bonds. The summed E-state index contributed by atoms with van der Waals surface area (Å²) < 4.78 is 12.2. The van der Waals surface area contributed by atoms with Gasteiger partial charge in [0.2, 0.25) is 17.7 Å². The molecule has 0 fully saturated rings. The van der Waals surface area contributed by atoms with Crippen LogP contribution in [0.1, 0.15) is 88.2 Å². The Hall–Kier alpha value is -4.08. The number of carbonyl (C=O) groups excluding carboxylic acids is 4. The Bertz CT molecular complexity index is 1390. The molecule has 3 atom stereocenters. The van der Waals surface area contributed by atoms with Crippen molar-refractivity contribution < 1.29 is 28.7 Å². The smallest absolute Gasteiger partial charge is 0.255 e. The Morgan fingerprint density at radius 3 is 2.32 bits per heavy atom. The molecule has 0 aliphatic carbocycles. The van der Waals surface area contributed by atoms with E-state index in [1.807, 2.05) is 32.9 Å². The fraction of sp³-hybridized carbons (Fsp3) is 0.568. The highest BCUT2D eigenvalue weighted by Gasteiger charge is 2.36. The molecule has 2 aromatic carbocycles. The molecule has 10 heteroatoms. The van der Waals surface area contributed by atoms with E-state index < -0.39 is 29.8 Å². The monoisotopic (exact) mass is 650 g/mol. The van der Waals surface area contributed by atoms with Crippen molar-refractivity contribution in [3.05, 3.63) is 59.2 Å². The van der Waals surface area contributed by atoms with Gasteiger partial charge in [0.05, 0.1) is 24.6 Å². The van der Waals surface area contributed by atoms with E-state index in [2.05, 4.69) is 44.4 Å². The van der Waals surface area contributed by atoms with E-state index >= 15 is 0 Å². The van der Waals surface area contributed by atoms with Crippen LogP contribution in [0.25, 0.3) is 0 Å². The third kappa shape index (κ3) is 10.5.